The normalized spacial score (nSPS) is 9.85. The third-order valence-electron chi connectivity index (χ3n) is 2.56. The second-order valence-electron chi connectivity index (χ2n) is 3.97. The molecule has 0 atom stereocenters. The van der Waals surface area contributed by atoms with E-state index in [1.807, 2.05) is 12.1 Å². The molecule has 0 saturated heterocycles. The van der Waals surface area contributed by atoms with E-state index in [9.17, 15) is 4.79 Å². The van der Waals surface area contributed by atoms with Gasteiger partial charge >= 0.3 is 0 Å². The molecule has 4 nitrogen and oxygen atoms in total. The number of hydrogen-bond acceptors (Lipinski definition) is 2. The molecule has 0 saturated carbocycles. The van der Waals surface area contributed by atoms with Crippen LogP contribution in [0.15, 0.2) is 48.5 Å². The molecular formula is C14H12ClN3OS. The van der Waals surface area contributed by atoms with Crippen molar-refractivity contribution in [3.05, 3.63) is 59.1 Å². The molecule has 0 unspecified atom stereocenters. The first-order chi connectivity index (χ1) is 9.58. The highest BCUT2D eigenvalue weighted by atomic mass is 35.5. The van der Waals surface area contributed by atoms with Crippen molar-refractivity contribution in [1.82, 2.24) is 0 Å². The summed E-state index contributed by atoms with van der Waals surface area (Å²) in [4.78, 5) is 11.3. The zero-order valence-electron chi connectivity index (χ0n) is 10.4. The average Bonchev–Trinajstić information content (AvgIpc) is 2.41. The van der Waals surface area contributed by atoms with E-state index >= 15 is 0 Å². The summed E-state index contributed by atoms with van der Waals surface area (Å²) in [6.45, 7) is 0. The molecule has 0 bridgehead atoms. The maximum absolute atomic E-state index is 11.3. The lowest BCUT2D eigenvalue weighted by atomic mass is 10.1. The van der Waals surface area contributed by atoms with Crippen LogP contribution in [0.3, 0.4) is 0 Å². The van der Waals surface area contributed by atoms with Crippen molar-refractivity contribution < 1.29 is 4.79 Å². The van der Waals surface area contributed by atoms with Crippen molar-refractivity contribution in [2.45, 2.75) is 0 Å². The fourth-order valence-electron chi connectivity index (χ4n) is 1.65. The molecule has 0 aliphatic heterocycles. The van der Waals surface area contributed by atoms with Crippen molar-refractivity contribution in [2.24, 2.45) is 5.73 Å². The number of nitrogens with two attached hydrogens (primary N) is 1. The van der Waals surface area contributed by atoms with Gasteiger partial charge in [0.25, 0.3) is 5.91 Å². The number of halogens is 1. The summed E-state index contributed by atoms with van der Waals surface area (Å²) in [6.07, 6.45) is 0. The van der Waals surface area contributed by atoms with Crippen molar-refractivity contribution in [3.8, 4) is 0 Å². The van der Waals surface area contributed by atoms with Gasteiger partial charge in [0.15, 0.2) is 5.11 Å². The lowest BCUT2D eigenvalue weighted by molar-refractivity contribution is 0.100. The Bertz CT molecular complexity index is 660. The van der Waals surface area contributed by atoms with Gasteiger partial charge in [0, 0.05) is 0 Å². The SMILES string of the molecule is NC(=O)c1ccccc1NC(=S)Nc1ccccc1Cl. The summed E-state index contributed by atoms with van der Waals surface area (Å²) in [5.74, 6) is -0.520. The number of anilines is 2. The third-order valence-corrected chi connectivity index (χ3v) is 3.10. The largest absolute Gasteiger partial charge is 0.366 e. The van der Waals surface area contributed by atoms with Crippen LogP contribution in [0, 0.1) is 0 Å². The minimum absolute atomic E-state index is 0.326. The molecule has 0 aliphatic carbocycles. The lowest BCUT2D eigenvalue weighted by Crippen LogP contribution is -2.22. The van der Waals surface area contributed by atoms with Gasteiger partial charge in [-0.15, -0.1) is 0 Å². The van der Waals surface area contributed by atoms with E-state index < -0.39 is 5.91 Å². The Morgan fingerprint density at radius 1 is 1.00 bits per heavy atom. The second kappa shape index (κ2) is 6.36. The fourth-order valence-corrected chi connectivity index (χ4v) is 2.05. The van der Waals surface area contributed by atoms with Gasteiger partial charge in [-0.3, -0.25) is 4.79 Å². The van der Waals surface area contributed by atoms with Crippen LogP contribution in [0.5, 0.6) is 0 Å². The Hall–Kier alpha value is -2.11. The third kappa shape index (κ3) is 3.46. The molecule has 4 N–H and O–H groups in total. The van der Waals surface area contributed by atoms with Crippen LogP contribution in [0.2, 0.25) is 5.02 Å². The Morgan fingerprint density at radius 2 is 1.55 bits per heavy atom. The highest BCUT2D eigenvalue weighted by Gasteiger charge is 2.09. The zero-order valence-corrected chi connectivity index (χ0v) is 12.0. The van der Waals surface area contributed by atoms with Crippen LogP contribution in [0.1, 0.15) is 10.4 Å². The summed E-state index contributed by atoms with van der Waals surface area (Å²) in [5, 5.41) is 6.77. The number of amides is 1. The topological polar surface area (TPSA) is 67.2 Å². The zero-order chi connectivity index (χ0) is 14.5. The Labute approximate surface area is 126 Å². The highest BCUT2D eigenvalue weighted by Crippen LogP contribution is 2.21. The number of benzene rings is 2. The molecule has 0 spiro atoms. The molecule has 6 heteroatoms. The molecule has 0 aliphatic rings. The second-order valence-corrected chi connectivity index (χ2v) is 4.78. The summed E-state index contributed by atoms with van der Waals surface area (Å²) >= 11 is 11.2. The van der Waals surface area contributed by atoms with E-state index in [1.54, 1.807) is 36.4 Å². The number of hydrogen-bond donors (Lipinski definition) is 3. The molecule has 0 radical (unpaired) electrons. The van der Waals surface area contributed by atoms with Crippen molar-refractivity contribution in [2.75, 3.05) is 10.6 Å². The summed E-state index contributed by atoms with van der Waals surface area (Å²) in [7, 11) is 0. The van der Waals surface area contributed by atoms with E-state index in [4.69, 9.17) is 29.6 Å². The number of para-hydroxylation sites is 2. The monoisotopic (exact) mass is 305 g/mol. The molecule has 20 heavy (non-hydrogen) atoms. The maximum Gasteiger partial charge on any atom is 0.250 e. The van der Waals surface area contributed by atoms with Crippen LogP contribution in [0.25, 0.3) is 0 Å². The van der Waals surface area contributed by atoms with E-state index in [-0.39, 0.29) is 0 Å². The lowest BCUT2D eigenvalue weighted by Gasteiger charge is -2.13. The Morgan fingerprint density at radius 3 is 2.20 bits per heavy atom. The van der Waals surface area contributed by atoms with E-state index in [1.165, 1.54) is 0 Å². The van der Waals surface area contributed by atoms with Gasteiger partial charge in [0.2, 0.25) is 0 Å². The van der Waals surface area contributed by atoms with Crippen molar-refractivity contribution >= 4 is 46.2 Å². The van der Waals surface area contributed by atoms with Gasteiger partial charge in [-0.25, -0.2) is 0 Å². The number of thiocarbonyl (C=S) groups is 1. The van der Waals surface area contributed by atoms with Crippen LogP contribution >= 0.6 is 23.8 Å². The molecular weight excluding hydrogens is 294 g/mol. The molecule has 0 aromatic heterocycles. The molecule has 0 heterocycles. The molecule has 0 fully saturated rings. The average molecular weight is 306 g/mol. The minimum Gasteiger partial charge on any atom is -0.366 e. The number of carbonyl (C=O) groups is 1. The Kier molecular flexibility index (Phi) is 4.55. The van der Waals surface area contributed by atoms with Crippen LogP contribution < -0.4 is 16.4 Å². The summed E-state index contributed by atoms with van der Waals surface area (Å²) in [5.41, 5.74) is 6.90. The van der Waals surface area contributed by atoms with Gasteiger partial charge in [-0.05, 0) is 36.5 Å². The van der Waals surface area contributed by atoms with Crippen LogP contribution in [-0.2, 0) is 0 Å². The summed E-state index contributed by atoms with van der Waals surface area (Å²) in [6, 6.07) is 14.1. The van der Waals surface area contributed by atoms with Gasteiger partial charge in [0.1, 0.15) is 0 Å². The van der Waals surface area contributed by atoms with Gasteiger partial charge in [0.05, 0.1) is 22.0 Å². The first-order valence-electron chi connectivity index (χ1n) is 5.79. The first kappa shape index (κ1) is 14.3. The predicted molar refractivity (Wildman–Crippen MR) is 86.3 cm³/mol. The van der Waals surface area contributed by atoms with E-state index in [2.05, 4.69) is 10.6 Å². The predicted octanol–water partition coefficient (Wildman–Crippen LogP) is 3.25. The fraction of sp³-hybridized carbons (Fsp3) is 0. The number of nitrogens with one attached hydrogen (secondary N) is 2. The van der Waals surface area contributed by atoms with Crippen molar-refractivity contribution in [1.29, 1.82) is 0 Å². The van der Waals surface area contributed by atoms with Gasteiger partial charge in [-0.2, -0.15) is 0 Å². The Balaban J connectivity index is 2.13. The number of carbonyl (C=O) groups excluding carboxylic acids is 1. The molecule has 2 aromatic rings. The maximum atomic E-state index is 11.3. The molecule has 2 aromatic carbocycles. The van der Waals surface area contributed by atoms with E-state index in [0.717, 1.165) is 0 Å². The number of rotatable bonds is 3. The summed E-state index contributed by atoms with van der Waals surface area (Å²) < 4.78 is 0. The van der Waals surface area contributed by atoms with Gasteiger partial charge < -0.3 is 16.4 Å². The van der Waals surface area contributed by atoms with Crippen LogP contribution in [-0.4, -0.2) is 11.0 Å². The number of primary amides is 1. The van der Waals surface area contributed by atoms with Gasteiger partial charge in [-0.1, -0.05) is 35.9 Å². The first-order valence-corrected chi connectivity index (χ1v) is 6.58. The van der Waals surface area contributed by atoms with Crippen LogP contribution in [0.4, 0.5) is 11.4 Å². The molecule has 1 amide bonds. The quantitative estimate of drug-likeness (QED) is 0.762. The van der Waals surface area contributed by atoms with Crippen molar-refractivity contribution in [3.63, 3.8) is 0 Å². The standard InChI is InChI=1S/C14H12ClN3OS/c15-10-6-2-4-8-12(10)18-14(20)17-11-7-3-1-5-9(11)13(16)19/h1-8H,(H2,16,19)(H2,17,18,20). The molecule has 2 rings (SSSR count). The van der Waals surface area contributed by atoms with E-state index in [0.29, 0.717) is 27.1 Å². The minimum atomic E-state index is -0.520. The molecule has 102 valence electrons. The highest BCUT2D eigenvalue weighted by molar-refractivity contribution is 7.80. The smallest absolute Gasteiger partial charge is 0.250 e.